The first kappa shape index (κ1) is 15.3. The predicted molar refractivity (Wildman–Crippen MR) is 54.3 cm³/mol. The van der Waals surface area contributed by atoms with Crippen molar-refractivity contribution >= 4 is 13.8 Å². The fourth-order valence-electron chi connectivity index (χ4n) is 0.695. The van der Waals surface area contributed by atoms with E-state index in [9.17, 15) is 9.36 Å². The lowest BCUT2D eigenvalue weighted by atomic mass is 10.4. The van der Waals surface area contributed by atoms with Crippen LogP contribution in [0.5, 0.6) is 0 Å². The van der Waals surface area contributed by atoms with Gasteiger partial charge in [-0.25, -0.2) is 9.36 Å². The first-order valence-electron chi connectivity index (χ1n) is 4.40. The Kier molecular flexibility index (Phi) is 6.47. The zero-order valence-corrected chi connectivity index (χ0v) is 9.98. The summed E-state index contributed by atoms with van der Waals surface area (Å²) in [7, 11) is -4.55. The van der Waals surface area contributed by atoms with Crippen molar-refractivity contribution in [3.63, 3.8) is 0 Å². The van der Waals surface area contributed by atoms with Crippen LogP contribution in [0.4, 0.5) is 0 Å². The highest BCUT2D eigenvalue weighted by Crippen LogP contribution is 2.37. The molecule has 0 fully saturated rings. The maximum Gasteiger partial charge on any atom is 0.471 e. The van der Waals surface area contributed by atoms with Crippen LogP contribution in [-0.2, 0) is 23.4 Å². The summed E-state index contributed by atoms with van der Waals surface area (Å²) in [6, 6.07) is 0. The third kappa shape index (κ3) is 8.58. The largest absolute Gasteiger partial charge is 0.471 e. The van der Waals surface area contributed by atoms with Crippen molar-refractivity contribution in [1.82, 2.24) is 0 Å². The molecule has 0 heterocycles. The van der Waals surface area contributed by atoms with Gasteiger partial charge in [-0.3, -0.25) is 4.52 Å². The van der Waals surface area contributed by atoms with E-state index in [0.717, 1.165) is 0 Å². The molecule has 0 radical (unpaired) electrons. The van der Waals surface area contributed by atoms with E-state index in [1.54, 1.807) is 0 Å². The third-order valence-electron chi connectivity index (χ3n) is 1.30. The minimum absolute atomic E-state index is 0.0276. The van der Waals surface area contributed by atoms with Gasteiger partial charge >= 0.3 is 13.8 Å². The molecule has 0 aliphatic rings. The van der Waals surface area contributed by atoms with E-state index >= 15 is 0 Å². The van der Waals surface area contributed by atoms with Gasteiger partial charge in [0, 0.05) is 5.57 Å². The van der Waals surface area contributed by atoms with Crippen molar-refractivity contribution in [1.29, 1.82) is 0 Å². The molecule has 0 aromatic carbocycles. The molecule has 0 spiro atoms. The quantitative estimate of drug-likeness (QED) is 0.225. The summed E-state index contributed by atoms with van der Waals surface area (Å²) < 4.78 is 24.0. The lowest BCUT2D eigenvalue weighted by Crippen LogP contribution is -2.17. The third-order valence-corrected chi connectivity index (χ3v) is 1.87. The molecule has 7 nitrogen and oxygen atoms in total. The number of phosphoric acid groups is 1. The Morgan fingerprint density at radius 2 is 2.00 bits per heavy atom. The van der Waals surface area contributed by atoms with Crippen LogP contribution in [-0.4, -0.2) is 35.3 Å². The Morgan fingerprint density at radius 3 is 2.44 bits per heavy atom. The van der Waals surface area contributed by atoms with Crippen molar-refractivity contribution in [3.8, 4) is 0 Å². The van der Waals surface area contributed by atoms with Crippen LogP contribution in [0.3, 0.4) is 0 Å². The van der Waals surface area contributed by atoms with Crippen LogP contribution in [0.15, 0.2) is 12.2 Å². The van der Waals surface area contributed by atoms with E-state index in [0.29, 0.717) is 0 Å². The molecule has 0 bridgehead atoms. The summed E-state index contributed by atoms with van der Waals surface area (Å²) in [6.45, 7) is 6.13. The Labute approximate surface area is 93.2 Å². The molecule has 0 saturated heterocycles. The van der Waals surface area contributed by atoms with Crippen LogP contribution < -0.4 is 0 Å². The van der Waals surface area contributed by atoms with E-state index in [4.69, 9.17) is 14.5 Å². The second-order valence-corrected chi connectivity index (χ2v) is 4.14. The molecular formula is C8H15O7P. The van der Waals surface area contributed by atoms with Crippen LogP contribution >= 0.6 is 7.82 Å². The molecule has 0 rings (SSSR count). The van der Waals surface area contributed by atoms with Gasteiger partial charge in [0.2, 0.25) is 0 Å². The highest BCUT2D eigenvalue weighted by Gasteiger charge is 2.19. The number of carbonyl (C=O) groups is 1. The Hall–Kier alpha value is -0.720. The SMILES string of the molecule is C=C(C)C(=O)OCCOC(C)OP(=O)(O)O. The van der Waals surface area contributed by atoms with Gasteiger partial charge < -0.3 is 19.3 Å². The smallest absolute Gasteiger partial charge is 0.460 e. The van der Waals surface area contributed by atoms with Gasteiger partial charge in [-0.1, -0.05) is 6.58 Å². The van der Waals surface area contributed by atoms with E-state index in [2.05, 4.69) is 15.8 Å². The molecule has 8 heteroatoms. The lowest BCUT2D eigenvalue weighted by Gasteiger charge is -2.14. The van der Waals surface area contributed by atoms with Gasteiger partial charge in [0.1, 0.15) is 6.61 Å². The van der Waals surface area contributed by atoms with Gasteiger partial charge in [-0.15, -0.1) is 0 Å². The summed E-state index contributed by atoms with van der Waals surface area (Å²) in [5, 5.41) is 0. The number of phosphoric ester groups is 1. The summed E-state index contributed by atoms with van der Waals surface area (Å²) >= 11 is 0. The standard InChI is InChI=1S/C8H15O7P/c1-6(2)8(9)14-5-4-13-7(3)15-16(10,11)12/h7H,1,4-5H2,2-3H3,(H2,10,11,12). The normalized spacial score (nSPS) is 13.2. The zero-order chi connectivity index (χ0) is 12.8. The second-order valence-electron chi connectivity index (χ2n) is 2.95. The molecule has 16 heavy (non-hydrogen) atoms. The first-order chi connectivity index (χ1) is 7.22. The van der Waals surface area contributed by atoms with Crippen molar-refractivity contribution in [2.45, 2.75) is 20.1 Å². The second kappa shape index (κ2) is 6.78. The molecule has 0 aromatic heterocycles. The number of ether oxygens (including phenoxy) is 2. The van der Waals surface area contributed by atoms with E-state index in [1.807, 2.05) is 0 Å². The van der Waals surface area contributed by atoms with Crippen LogP contribution in [0.2, 0.25) is 0 Å². The molecule has 0 saturated carbocycles. The predicted octanol–water partition coefficient (Wildman–Crippen LogP) is 0.578. The van der Waals surface area contributed by atoms with Gasteiger partial charge in [-0.2, -0.15) is 0 Å². The summed E-state index contributed by atoms with van der Waals surface area (Å²) in [5.74, 6) is -0.549. The van der Waals surface area contributed by atoms with Gasteiger partial charge in [0.15, 0.2) is 6.29 Å². The number of esters is 1. The molecule has 0 aromatic rings. The number of hydrogen-bond acceptors (Lipinski definition) is 5. The molecule has 0 amide bonds. The van der Waals surface area contributed by atoms with Crippen molar-refractivity contribution in [3.05, 3.63) is 12.2 Å². The number of hydrogen-bond donors (Lipinski definition) is 2. The summed E-state index contributed by atoms with van der Waals surface area (Å²) in [4.78, 5) is 27.7. The molecular weight excluding hydrogens is 239 g/mol. The van der Waals surface area contributed by atoms with Crippen LogP contribution in [0.1, 0.15) is 13.8 Å². The minimum atomic E-state index is -4.55. The molecule has 2 N–H and O–H groups in total. The van der Waals surface area contributed by atoms with Crippen molar-refractivity contribution in [2.75, 3.05) is 13.2 Å². The minimum Gasteiger partial charge on any atom is -0.460 e. The first-order valence-corrected chi connectivity index (χ1v) is 5.93. The van der Waals surface area contributed by atoms with Crippen LogP contribution in [0, 0.1) is 0 Å². The van der Waals surface area contributed by atoms with Crippen molar-refractivity contribution < 1.29 is 33.1 Å². The highest BCUT2D eigenvalue weighted by molar-refractivity contribution is 7.46. The van der Waals surface area contributed by atoms with Gasteiger partial charge in [-0.05, 0) is 13.8 Å². The van der Waals surface area contributed by atoms with E-state index in [1.165, 1.54) is 13.8 Å². The topological polar surface area (TPSA) is 102 Å². The Bertz CT molecular complexity index is 295. The Morgan fingerprint density at radius 1 is 1.44 bits per heavy atom. The van der Waals surface area contributed by atoms with E-state index in [-0.39, 0.29) is 18.8 Å². The van der Waals surface area contributed by atoms with Crippen molar-refractivity contribution in [2.24, 2.45) is 0 Å². The lowest BCUT2D eigenvalue weighted by molar-refractivity contribution is -0.144. The molecule has 94 valence electrons. The summed E-state index contributed by atoms with van der Waals surface area (Å²) in [6.07, 6.45) is -1.08. The van der Waals surface area contributed by atoms with Gasteiger partial charge in [0.25, 0.3) is 0 Å². The monoisotopic (exact) mass is 254 g/mol. The zero-order valence-electron chi connectivity index (χ0n) is 9.08. The molecule has 1 unspecified atom stereocenters. The fraction of sp³-hybridized carbons (Fsp3) is 0.625. The molecule has 1 atom stereocenters. The molecule has 0 aliphatic carbocycles. The van der Waals surface area contributed by atoms with E-state index < -0.39 is 20.1 Å². The maximum atomic E-state index is 10.9. The van der Waals surface area contributed by atoms with Crippen LogP contribution in [0.25, 0.3) is 0 Å². The number of carbonyl (C=O) groups excluding carboxylic acids is 1. The number of rotatable bonds is 7. The summed E-state index contributed by atoms with van der Waals surface area (Å²) in [5.41, 5.74) is 0.263. The highest BCUT2D eigenvalue weighted by atomic mass is 31.2. The van der Waals surface area contributed by atoms with Gasteiger partial charge in [0.05, 0.1) is 6.61 Å². The average Bonchev–Trinajstić information content (AvgIpc) is 2.08. The fourth-order valence-corrected chi connectivity index (χ4v) is 1.14. The Balaban J connectivity index is 3.63. The average molecular weight is 254 g/mol. The maximum absolute atomic E-state index is 10.9. The molecule has 0 aliphatic heterocycles.